The number of alkyl halides is 3. The van der Waals surface area contributed by atoms with Crippen LogP contribution in [-0.4, -0.2) is 23.4 Å². The van der Waals surface area contributed by atoms with Gasteiger partial charge in [0.1, 0.15) is 10.9 Å². The van der Waals surface area contributed by atoms with E-state index in [9.17, 15) is 22.8 Å². The van der Waals surface area contributed by atoms with Gasteiger partial charge >= 0.3 is 6.18 Å². The first kappa shape index (κ1) is 18.5. The van der Waals surface area contributed by atoms with E-state index in [-0.39, 0.29) is 16.5 Å². The number of aromatic nitrogens is 1. The molecule has 0 atom stereocenters. The molecule has 0 saturated carbocycles. The summed E-state index contributed by atoms with van der Waals surface area (Å²) >= 11 is 5.64. The van der Waals surface area contributed by atoms with E-state index in [4.69, 9.17) is 16.3 Å². The molecule has 6 nitrogen and oxygen atoms in total. The summed E-state index contributed by atoms with van der Waals surface area (Å²) in [6.07, 6.45) is -3.20. The van der Waals surface area contributed by atoms with Crippen LogP contribution in [0.2, 0.25) is 5.15 Å². The number of nitrogens with one attached hydrogen (secondary N) is 2. The first-order chi connectivity index (χ1) is 11.8. The zero-order valence-electron chi connectivity index (χ0n) is 12.4. The van der Waals surface area contributed by atoms with Crippen molar-refractivity contribution in [3.63, 3.8) is 0 Å². The fourth-order valence-electron chi connectivity index (χ4n) is 1.69. The van der Waals surface area contributed by atoms with Gasteiger partial charge in [0.25, 0.3) is 11.8 Å². The average Bonchev–Trinajstić information content (AvgIpc) is 2.57. The molecule has 132 valence electrons. The Morgan fingerprint density at radius 2 is 1.92 bits per heavy atom. The van der Waals surface area contributed by atoms with Gasteiger partial charge in [-0.1, -0.05) is 17.7 Å². The topological polar surface area (TPSA) is 80.3 Å². The number of nitrogens with zero attached hydrogens (tertiary/aromatic N) is 1. The van der Waals surface area contributed by atoms with E-state index in [0.717, 1.165) is 18.2 Å². The van der Waals surface area contributed by atoms with Gasteiger partial charge in [-0.3, -0.25) is 20.4 Å². The highest BCUT2D eigenvalue weighted by Gasteiger charge is 2.30. The Hall–Kier alpha value is -2.81. The molecule has 2 amide bonds. The molecule has 0 aliphatic heterocycles. The second-order valence-electron chi connectivity index (χ2n) is 4.68. The van der Waals surface area contributed by atoms with Crippen LogP contribution in [0.15, 0.2) is 42.6 Å². The SMILES string of the molecule is O=C(COc1cccc(C(F)(F)F)c1)NNC(=O)c1ccnc(Cl)c1. The minimum atomic E-state index is -4.51. The molecule has 2 aromatic rings. The number of pyridine rings is 1. The standard InChI is InChI=1S/C15H11ClF3N3O3/c16-12-6-9(4-5-20-12)14(24)22-21-13(23)8-25-11-3-1-2-10(7-11)15(17,18)19/h1-7H,8H2,(H,21,23)(H,22,24). The number of hydrogen-bond donors (Lipinski definition) is 2. The molecular formula is C15H11ClF3N3O3. The molecule has 0 radical (unpaired) electrons. The lowest BCUT2D eigenvalue weighted by atomic mass is 10.2. The second kappa shape index (κ2) is 7.84. The molecule has 0 unspecified atom stereocenters. The van der Waals surface area contributed by atoms with Crippen LogP contribution in [0.1, 0.15) is 15.9 Å². The fraction of sp³-hybridized carbons (Fsp3) is 0.133. The summed E-state index contributed by atoms with van der Waals surface area (Å²) < 4.78 is 42.7. The number of benzene rings is 1. The van der Waals surface area contributed by atoms with E-state index in [2.05, 4.69) is 15.8 Å². The number of amides is 2. The highest BCUT2D eigenvalue weighted by Crippen LogP contribution is 2.31. The summed E-state index contributed by atoms with van der Waals surface area (Å²) in [7, 11) is 0. The number of ether oxygens (including phenoxy) is 1. The Bertz CT molecular complexity index is 784. The number of carbonyl (C=O) groups excluding carboxylic acids is 2. The molecule has 2 N–H and O–H groups in total. The van der Waals surface area contributed by atoms with Crippen molar-refractivity contribution in [1.29, 1.82) is 0 Å². The van der Waals surface area contributed by atoms with Gasteiger partial charge in [-0.05, 0) is 30.3 Å². The fourth-order valence-corrected chi connectivity index (χ4v) is 1.86. The van der Waals surface area contributed by atoms with E-state index >= 15 is 0 Å². The van der Waals surface area contributed by atoms with E-state index in [1.165, 1.54) is 24.4 Å². The number of carbonyl (C=O) groups is 2. The van der Waals surface area contributed by atoms with Gasteiger partial charge in [0.05, 0.1) is 5.56 Å². The van der Waals surface area contributed by atoms with Gasteiger partial charge in [-0.2, -0.15) is 13.2 Å². The number of hydrazine groups is 1. The van der Waals surface area contributed by atoms with Crippen LogP contribution < -0.4 is 15.6 Å². The summed E-state index contributed by atoms with van der Waals surface area (Å²) in [6, 6.07) is 6.76. The lowest BCUT2D eigenvalue weighted by Gasteiger charge is -2.11. The summed E-state index contributed by atoms with van der Waals surface area (Å²) in [6.45, 7) is -0.585. The van der Waals surface area contributed by atoms with Crippen molar-refractivity contribution in [3.05, 3.63) is 58.9 Å². The van der Waals surface area contributed by atoms with E-state index < -0.39 is 30.2 Å². The van der Waals surface area contributed by atoms with Crippen molar-refractivity contribution < 1.29 is 27.5 Å². The van der Waals surface area contributed by atoms with Crippen LogP contribution in [0, 0.1) is 0 Å². The summed E-state index contributed by atoms with van der Waals surface area (Å²) in [5.74, 6) is -1.53. The van der Waals surface area contributed by atoms with Gasteiger partial charge in [0.15, 0.2) is 6.61 Å². The maximum atomic E-state index is 12.6. The molecule has 0 bridgehead atoms. The van der Waals surface area contributed by atoms with Crippen molar-refractivity contribution in [2.75, 3.05) is 6.61 Å². The molecular weight excluding hydrogens is 363 g/mol. The Morgan fingerprint density at radius 3 is 2.60 bits per heavy atom. The Balaban J connectivity index is 1.84. The van der Waals surface area contributed by atoms with Crippen molar-refractivity contribution in [2.45, 2.75) is 6.18 Å². The lowest BCUT2D eigenvalue weighted by Crippen LogP contribution is -2.43. The molecule has 10 heteroatoms. The molecule has 0 saturated heterocycles. The maximum absolute atomic E-state index is 12.6. The molecule has 25 heavy (non-hydrogen) atoms. The third kappa shape index (κ3) is 5.64. The van der Waals surface area contributed by atoms with E-state index in [1.807, 2.05) is 0 Å². The summed E-state index contributed by atoms with van der Waals surface area (Å²) in [4.78, 5) is 27.0. The van der Waals surface area contributed by atoms with Crippen LogP contribution in [0.5, 0.6) is 5.75 Å². The molecule has 2 rings (SSSR count). The highest BCUT2D eigenvalue weighted by molar-refractivity contribution is 6.29. The first-order valence-electron chi connectivity index (χ1n) is 6.76. The van der Waals surface area contributed by atoms with Gasteiger partial charge < -0.3 is 4.74 Å². The predicted octanol–water partition coefficient (Wildman–Crippen LogP) is 2.59. The predicted molar refractivity (Wildman–Crippen MR) is 81.8 cm³/mol. The zero-order valence-corrected chi connectivity index (χ0v) is 13.2. The van der Waals surface area contributed by atoms with Crippen molar-refractivity contribution in [2.24, 2.45) is 0 Å². The molecule has 0 aliphatic rings. The second-order valence-corrected chi connectivity index (χ2v) is 5.07. The largest absolute Gasteiger partial charge is 0.484 e. The first-order valence-corrected chi connectivity index (χ1v) is 7.14. The van der Waals surface area contributed by atoms with Crippen molar-refractivity contribution >= 4 is 23.4 Å². The number of rotatable bonds is 4. The van der Waals surface area contributed by atoms with Crippen LogP contribution in [0.3, 0.4) is 0 Å². The third-order valence-corrected chi connectivity index (χ3v) is 3.04. The third-order valence-electron chi connectivity index (χ3n) is 2.84. The zero-order chi connectivity index (χ0) is 18.4. The maximum Gasteiger partial charge on any atom is 0.416 e. The highest BCUT2D eigenvalue weighted by atomic mass is 35.5. The van der Waals surface area contributed by atoms with Crippen LogP contribution in [-0.2, 0) is 11.0 Å². The van der Waals surface area contributed by atoms with E-state index in [0.29, 0.717) is 0 Å². The quantitative estimate of drug-likeness (QED) is 0.637. The summed E-state index contributed by atoms with van der Waals surface area (Å²) in [5.41, 5.74) is 3.45. The van der Waals surface area contributed by atoms with Crippen molar-refractivity contribution in [1.82, 2.24) is 15.8 Å². The van der Waals surface area contributed by atoms with Crippen molar-refractivity contribution in [3.8, 4) is 5.75 Å². The average molecular weight is 374 g/mol. The Kier molecular flexibility index (Phi) is 5.81. The van der Waals surface area contributed by atoms with Crippen LogP contribution >= 0.6 is 11.6 Å². The number of halogens is 4. The van der Waals surface area contributed by atoms with Crippen LogP contribution in [0.4, 0.5) is 13.2 Å². The Labute approximate surface area is 144 Å². The van der Waals surface area contributed by atoms with Gasteiger partial charge in [-0.25, -0.2) is 4.98 Å². The molecule has 1 heterocycles. The minimum Gasteiger partial charge on any atom is -0.484 e. The lowest BCUT2D eigenvalue weighted by molar-refractivity contribution is -0.137. The molecule has 1 aromatic heterocycles. The minimum absolute atomic E-state index is 0.104. The van der Waals surface area contributed by atoms with Gasteiger partial charge in [0, 0.05) is 11.8 Å². The van der Waals surface area contributed by atoms with Gasteiger partial charge in [0.2, 0.25) is 0 Å². The number of hydrogen-bond acceptors (Lipinski definition) is 4. The molecule has 1 aromatic carbocycles. The molecule has 0 spiro atoms. The normalized spacial score (nSPS) is 10.9. The summed E-state index contributed by atoms with van der Waals surface area (Å²) in [5, 5.41) is 0.104. The van der Waals surface area contributed by atoms with Crippen LogP contribution in [0.25, 0.3) is 0 Å². The molecule has 0 aliphatic carbocycles. The van der Waals surface area contributed by atoms with E-state index in [1.54, 1.807) is 0 Å². The monoisotopic (exact) mass is 373 g/mol. The Morgan fingerprint density at radius 1 is 1.16 bits per heavy atom. The molecule has 0 fully saturated rings. The van der Waals surface area contributed by atoms with Gasteiger partial charge in [-0.15, -0.1) is 0 Å². The smallest absolute Gasteiger partial charge is 0.416 e.